The highest BCUT2D eigenvalue weighted by atomic mass is 16.6. The summed E-state index contributed by atoms with van der Waals surface area (Å²) in [5, 5.41) is 0. The Balaban J connectivity index is 2.24. The second-order valence-corrected chi connectivity index (χ2v) is 5.28. The van der Waals surface area contributed by atoms with Crippen molar-refractivity contribution in [2.75, 3.05) is 0 Å². The molecule has 0 spiro atoms. The van der Waals surface area contributed by atoms with Crippen LogP contribution in [0.15, 0.2) is 0 Å². The Kier molecular flexibility index (Phi) is 3.41. The van der Waals surface area contributed by atoms with Crippen LogP contribution in [0.3, 0.4) is 0 Å². The average molecular weight is 254 g/mol. The number of rotatable bonds is 2. The van der Waals surface area contributed by atoms with Crippen molar-refractivity contribution < 1.29 is 23.9 Å². The maximum Gasteiger partial charge on any atom is 0.309 e. The number of hydrogen-bond donors (Lipinski definition) is 0. The molecule has 1 heterocycles. The highest BCUT2D eigenvalue weighted by Gasteiger charge is 2.54. The molecule has 2 fully saturated rings. The van der Waals surface area contributed by atoms with Crippen LogP contribution >= 0.6 is 0 Å². The highest BCUT2D eigenvalue weighted by molar-refractivity contribution is 5.77. The molecule has 0 unspecified atom stereocenters. The van der Waals surface area contributed by atoms with Gasteiger partial charge in [0, 0.05) is 24.7 Å². The van der Waals surface area contributed by atoms with E-state index in [0.717, 1.165) is 6.29 Å². The van der Waals surface area contributed by atoms with Crippen LogP contribution in [0.1, 0.15) is 27.2 Å². The van der Waals surface area contributed by atoms with Crippen molar-refractivity contribution in [3.05, 3.63) is 0 Å². The minimum Gasteiger partial charge on any atom is -0.462 e. The maximum absolute atomic E-state index is 11.7. The molecule has 2 aliphatic rings. The van der Waals surface area contributed by atoms with Gasteiger partial charge in [0.2, 0.25) is 0 Å². The highest BCUT2D eigenvalue weighted by Crippen LogP contribution is 2.46. The fraction of sp³-hybridized carbons (Fsp3) is 0.769. The van der Waals surface area contributed by atoms with Crippen molar-refractivity contribution in [3.8, 4) is 0 Å². The van der Waals surface area contributed by atoms with Gasteiger partial charge in [-0.3, -0.25) is 9.59 Å². The lowest BCUT2D eigenvalue weighted by Crippen LogP contribution is -2.46. The first kappa shape index (κ1) is 13.1. The first-order valence-corrected chi connectivity index (χ1v) is 6.28. The van der Waals surface area contributed by atoms with Crippen LogP contribution in [0, 0.1) is 23.7 Å². The van der Waals surface area contributed by atoms with Crippen molar-refractivity contribution in [1.29, 1.82) is 0 Å². The molecule has 5 heteroatoms. The van der Waals surface area contributed by atoms with Crippen molar-refractivity contribution in [2.45, 2.75) is 39.4 Å². The fourth-order valence-electron chi connectivity index (χ4n) is 3.31. The first-order chi connectivity index (χ1) is 8.45. The fourth-order valence-corrected chi connectivity index (χ4v) is 3.31. The van der Waals surface area contributed by atoms with Crippen molar-refractivity contribution in [1.82, 2.24) is 0 Å². The van der Waals surface area contributed by atoms with E-state index in [4.69, 9.17) is 9.47 Å². The molecule has 100 valence electrons. The van der Waals surface area contributed by atoms with Gasteiger partial charge in [-0.2, -0.15) is 0 Å². The Labute approximate surface area is 106 Å². The summed E-state index contributed by atoms with van der Waals surface area (Å²) in [7, 11) is 0. The SMILES string of the molecule is CC(=O)O[C@@H]1C[C@H]2C(=O)O[C@H](C)[C@H]2[C@@H](C=O)[C@@H]1C. The van der Waals surface area contributed by atoms with Gasteiger partial charge < -0.3 is 14.3 Å². The molecule has 0 aromatic rings. The van der Waals surface area contributed by atoms with E-state index in [1.165, 1.54) is 6.92 Å². The van der Waals surface area contributed by atoms with Crippen molar-refractivity contribution in [3.63, 3.8) is 0 Å². The molecule has 0 amide bonds. The molecule has 0 aromatic carbocycles. The van der Waals surface area contributed by atoms with Gasteiger partial charge in [0.25, 0.3) is 0 Å². The second kappa shape index (κ2) is 4.71. The van der Waals surface area contributed by atoms with E-state index in [1.807, 2.05) is 13.8 Å². The Bertz CT molecular complexity index is 378. The van der Waals surface area contributed by atoms with Gasteiger partial charge >= 0.3 is 11.9 Å². The van der Waals surface area contributed by atoms with E-state index in [9.17, 15) is 14.4 Å². The van der Waals surface area contributed by atoms with E-state index >= 15 is 0 Å². The quantitative estimate of drug-likeness (QED) is 0.542. The third-order valence-electron chi connectivity index (χ3n) is 4.21. The average Bonchev–Trinajstić information content (AvgIpc) is 2.55. The standard InChI is InChI=1S/C13H18O5/c1-6-10(5-14)12-7(2)17-13(16)9(12)4-11(6)18-8(3)15/h5-7,9-12H,4H2,1-3H3/t6-,7+,9+,10-,11+,12+/m0/s1. The zero-order valence-electron chi connectivity index (χ0n) is 10.8. The number of carbonyl (C=O) groups is 3. The van der Waals surface area contributed by atoms with E-state index in [1.54, 1.807) is 0 Å². The number of cyclic esters (lactones) is 1. The summed E-state index contributed by atoms with van der Waals surface area (Å²) in [6, 6.07) is 0. The Morgan fingerprint density at radius 3 is 2.67 bits per heavy atom. The summed E-state index contributed by atoms with van der Waals surface area (Å²) >= 11 is 0. The minimum atomic E-state index is -0.380. The Morgan fingerprint density at radius 1 is 1.44 bits per heavy atom. The number of fused-ring (bicyclic) bond motifs is 1. The van der Waals surface area contributed by atoms with Crippen LogP contribution in [0.25, 0.3) is 0 Å². The lowest BCUT2D eigenvalue weighted by atomic mass is 9.65. The molecule has 1 saturated carbocycles. The van der Waals surface area contributed by atoms with Gasteiger partial charge in [0.05, 0.1) is 5.92 Å². The lowest BCUT2D eigenvalue weighted by molar-refractivity contribution is -0.158. The summed E-state index contributed by atoms with van der Waals surface area (Å²) in [5.41, 5.74) is 0. The number of esters is 2. The molecule has 6 atom stereocenters. The summed E-state index contributed by atoms with van der Waals surface area (Å²) in [6.45, 7) is 5.04. The number of ether oxygens (including phenoxy) is 2. The molecule has 0 aromatic heterocycles. The van der Waals surface area contributed by atoms with Crippen LogP contribution in [0.5, 0.6) is 0 Å². The van der Waals surface area contributed by atoms with E-state index in [2.05, 4.69) is 0 Å². The molecule has 1 saturated heterocycles. The van der Waals surface area contributed by atoms with Gasteiger partial charge in [0.1, 0.15) is 18.5 Å². The monoisotopic (exact) mass is 254 g/mol. The normalized spacial score (nSPS) is 42.9. The van der Waals surface area contributed by atoms with Crippen LogP contribution in [-0.4, -0.2) is 30.4 Å². The summed E-state index contributed by atoms with van der Waals surface area (Å²) in [5.74, 6) is -1.44. The van der Waals surface area contributed by atoms with E-state index < -0.39 is 0 Å². The largest absolute Gasteiger partial charge is 0.462 e. The molecular weight excluding hydrogens is 236 g/mol. The molecule has 0 bridgehead atoms. The summed E-state index contributed by atoms with van der Waals surface area (Å²) in [6.07, 6.45) is 0.713. The van der Waals surface area contributed by atoms with Gasteiger partial charge in [0.15, 0.2) is 0 Å². The Hall–Kier alpha value is -1.39. The zero-order valence-corrected chi connectivity index (χ0v) is 10.8. The van der Waals surface area contributed by atoms with Gasteiger partial charge in [-0.1, -0.05) is 6.92 Å². The molecule has 0 N–H and O–H groups in total. The number of aldehydes is 1. The third kappa shape index (κ3) is 2.02. The van der Waals surface area contributed by atoms with Crippen LogP contribution in [-0.2, 0) is 23.9 Å². The lowest BCUT2D eigenvalue weighted by Gasteiger charge is -2.39. The van der Waals surface area contributed by atoms with Gasteiger partial charge in [-0.15, -0.1) is 0 Å². The molecule has 1 aliphatic carbocycles. The summed E-state index contributed by atoms with van der Waals surface area (Å²) < 4.78 is 10.4. The maximum atomic E-state index is 11.7. The molecule has 18 heavy (non-hydrogen) atoms. The number of carbonyl (C=O) groups excluding carboxylic acids is 3. The van der Waals surface area contributed by atoms with Crippen LogP contribution in [0.4, 0.5) is 0 Å². The third-order valence-corrected chi connectivity index (χ3v) is 4.21. The topological polar surface area (TPSA) is 69.7 Å². The number of hydrogen-bond acceptors (Lipinski definition) is 5. The van der Waals surface area contributed by atoms with Crippen LogP contribution in [0.2, 0.25) is 0 Å². The van der Waals surface area contributed by atoms with E-state index in [-0.39, 0.29) is 47.8 Å². The van der Waals surface area contributed by atoms with Gasteiger partial charge in [-0.25, -0.2) is 0 Å². The van der Waals surface area contributed by atoms with E-state index in [0.29, 0.717) is 6.42 Å². The molecule has 0 radical (unpaired) electrons. The molecule has 2 rings (SSSR count). The molecule has 5 nitrogen and oxygen atoms in total. The predicted octanol–water partition coefficient (Wildman–Crippen LogP) is 0.951. The molecule has 1 aliphatic heterocycles. The predicted molar refractivity (Wildman–Crippen MR) is 61.4 cm³/mol. The summed E-state index contributed by atoms with van der Waals surface area (Å²) in [4.78, 5) is 34.1. The smallest absolute Gasteiger partial charge is 0.309 e. The first-order valence-electron chi connectivity index (χ1n) is 6.28. The molecular formula is C13H18O5. The zero-order chi connectivity index (χ0) is 13.4. The Morgan fingerprint density at radius 2 is 2.11 bits per heavy atom. The van der Waals surface area contributed by atoms with Gasteiger partial charge in [-0.05, 0) is 13.3 Å². The van der Waals surface area contributed by atoms with Crippen molar-refractivity contribution in [2.24, 2.45) is 23.7 Å². The van der Waals surface area contributed by atoms with Crippen molar-refractivity contribution >= 4 is 18.2 Å². The second-order valence-electron chi connectivity index (χ2n) is 5.28. The minimum absolute atomic E-state index is 0.0791. The van der Waals surface area contributed by atoms with Crippen LogP contribution < -0.4 is 0 Å².